The number of nitrogens with zero attached hydrogens (tertiary/aromatic N) is 5. The summed E-state index contributed by atoms with van der Waals surface area (Å²) in [5, 5.41) is 19.1. The molecule has 0 bridgehead atoms. The average molecular weight is 379 g/mol. The van der Waals surface area contributed by atoms with Crippen LogP contribution in [0.5, 0.6) is 0 Å². The standard InChI is InChI=1S/C19H21N7O2/c1-26-9-8-16(25-26)23-18-21-11-20-17(24-18)13-6-7-14-12(10-13)4-2-3-5-15(14)22-19(27)28/h6-11,15,22H,2-5H2,1H3,(H,27,28)(H,20,21,23,24,25)/t15-/m1/s1. The highest BCUT2D eigenvalue weighted by atomic mass is 16.4. The summed E-state index contributed by atoms with van der Waals surface area (Å²) in [5.41, 5.74) is 3.04. The average Bonchev–Trinajstić information content (AvgIpc) is 2.98. The van der Waals surface area contributed by atoms with Crippen molar-refractivity contribution in [3.05, 3.63) is 47.9 Å². The zero-order valence-corrected chi connectivity index (χ0v) is 15.5. The molecule has 4 rings (SSSR count). The van der Waals surface area contributed by atoms with Crippen LogP contribution in [0.4, 0.5) is 16.6 Å². The Morgan fingerprint density at radius 2 is 2.14 bits per heavy atom. The highest BCUT2D eigenvalue weighted by molar-refractivity contribution is 5.66. The molecule has 0 aliphatic heterocycles. The van der Waals surface area contributed by atoms with Gasteiger partial charge in [-0.05, 0) is 36.5 Å². The molecule has 0 spiro atoms. The molecule has 1 aliphatic carbocycles. The maximum Gasteiger partial charge on any atom is 0.405 e. The smallest absolute Gasteiger partial charge is 0.405 e. The van der Waals surface area contributed by atoms with E-state index in [1.54, 1.807) is 4.68 Å². The maximum atomic E-state index is 11.1. The predicted molar refractivity (Wildman–Crippen MR) is 103 cm³/mol. The van der Waals surface area contributed by atoms with Gasteiger partial charge in [-0.1, -0.05) is 18.6 Å². The summed E-state index contributed by atoms with van der Waals surface area (Å²) >= 11 is 0. The maximum absolute atomic E-state index is 11.1. The van der Waals surface area contributed by atoms with Crippen molar-refractivity contribution >= 4 is 17.9 Å². The second-order valence-electron chi connectivity index (χ2n) is 6.79. The largest absolute Gasteiger partial charge is 0.465 e. The number of fused-ring (bicyclic) bond motifs is 1. The van der Waals surface area contributed by atoms with Crippen molar-refractivity contribution in [2.45, 2.75) is 31.7 Å². The minimum Gasteiger partial charge on any atom is -0.465 e. The molecule has 9 nitrogen and oxygen atoms in total. The molecule has 1 amide bonds. The summed E-state index contributed by atoms with van der Waals surface area (Å²) in [4.78, 5) is 24.1. The lowest BCUT2D eigenvalue weighted by Crippen LogP contribution is -2.26. The normalized spacial score (nSPS) is 16.1. The molecule has 144 valence electrons. The van der Waals surface area contributed by atoms with Crippen LogP contribution < -0.4 is 10.6 Å². The molecular weight excluding hydrogens is 358 g/mol. The first-order valence-electron chi connectivity index (χ1n) is 9.17. The van der Waals surface area contributed by atoms with Gasteiger partial charge in [0.25, 0.3) is 0 Å². The van der Waals surface area contributed by atoms with Gasteiger partial charge in [-0.15, -0.1) is 0 Å². The fourth-order valence-electron chi connectivity index (χ4n) is 3.51. The van der Waals surface area contributed by atoms with E-state index in [4.69, 9.17) is 5.11 Å². The molecule has 3 aromatic rings. The highest BCUT2D eigenvalue weighted by Crippen LogP contribution is 2.31. The van der Waals surface area contributed by atoms with Gasteiger partial charge < -0.3 is 15.7 Å². The van der Waals surface area contributed by atoms with Crippen LogP contribution in [-0.2, 0) is 13.5 Å². The van der Waals surface area contributed by atoms with Gasteiger partial charge in [-0.3, -0.25) is 4.68 Å². The Bertz CT molecular complexity index is 1000. The second kappa shape index (κ2) is 7.63. The third-order valence-corrected chi connectivity index (χ3v) is 4.79. The number of rotatable bonds is 4. The Morgan fingerprint density at radius 3 is 2.93 bits per heavy atom. The minimum absolute atomic E-state index is 0.177. The van der Waals surface area contributed by atoms with E-state index in [2.05, 4.69) is 36.8 Å². The summed E-state index contributed by atoms with van der Waals surface area (Å²) in [6.45, 7) is 0. The number of aryl methyl sites for hydroxylation is 2. The van der Waals surface area contributed by atoms with Crippen molar-refractivity contribution in [3.63, 3.8) is 0 Å². The van der Waals surface area contributed by atoms with Crippen molar-refractivity contribution in [2.75, 3.05) is 5.32 Å². The first-order valence-corrected chi connectivity index (χ1v) is 9.17. The van der Waals surface area contributed by atoms with E-state index >= 15 is 0 Å². The van der Waals surface area contributed by atoms with Crippen LogP contribution in [0.1, 0.15) is 36.4 Å². The van der Waals surface area contributed by atoms with Gasteiger partial charge in [-0.25, -0.2) is 14.8 Å². The second-order valence-corrected chi connectivity index (χ2v) is 6.79. The Labute approximate surface area is 161 Å². The lowest BCUT2D eigenvalue weighted by atomic mass is 9.96. The summed E-state index contributed by atoms with van der Waals surface area (Å²) in [7, 11) is 1.84. The summed E-state index contributed by atoms with van der Waals surface area (Å²) < 4.78 is 1.69. The first kappa shape index (κ1) is 17.9. The Morgan fingerprint density at radius 1 is 1.25 bits per heavy atom. The lowest BCUT2D eigenvalue weighted by Gasteiger charge is -2.18. The number of amides is 1. The van der Waals surface area contributed by atoms with Gasteiger partial charge in [0.2, 0.25) is 5.95 Å². The number of benzene rings is 1. The molecule has 2 aromatic heterocycles. The van der Waals surface area contributed by atoms with Gasteiger partial charge in [0.1, 0.15) is 6.33 Å². The van der Waals surface area contributed by atoms with Crippen molar-refractivity contribution in [1.29, 1.82) is 0 Å². The molecule has 28 heavy (non-hydrogen) atoms. The molecule has 1 aromatic carbocycles. The van der Waals surface area contributed by atoms with Crippen LogP contribution in [0.2, 0.25) is 0 Å². The monoisotopic (exact) mass is 379 g/mol. The molecule has 1 aliphatic rings. The first-order chi connectivity index (χ1) is 13.6. The van der Waals surface area contributed by atoms with Crippen LogP contribution in [0.25, 0.3) is 11.4 Å². The van der Waals surface area contributed by atoms with Gasteiger partial charge in [0.05, 0.1) is 6.04 Å². The molecule has 1 atom stereocenters. The zero-order chi connectivity index (χ0) is 19.5. The number of hydrogen-bond acceptors (Lipinski definition) is 6. The molecule has 0 saturated carbocycles. The zero-order valence-electron chi connectivity index (χ0n) is 15.5. The fraction of sp³-hybridized carbons (Fsp3) is 0.316. The number of carboxylic acid groups (broad SMARTS) is 1. The Hall–Kier alpha value is -3.49. The third-order valence-electron chi connectivity index (χ3n) is 4.79. The van der Waals surface area contributed by atoms with Crippen LogP contribution in [0, 0.1) is 0 Å². The minimum atomic E-state index is -0.996. The molecule has 0 fully saturated rings. The quantitative estimate of drug-likeness (QED) is 0.596. The number of hydrogen-bond donors (Lipinski definition) is 3. The van der Waals surface area contributed by atoms with Crippen LogP contribution >= 0.6 is 0 Å². The van der Waals surface area contributed by atoms with E-state index in [0.29, 0.717) is 17.6 Å². The molecule has 9 heteroatoms. The van der Waals surface area contributed by atoms with Crippen LogP contribution in [0.3, 0.4) is 0 Å². The molecular formula is C19H21N7O2. The van der Waals surface area contributed by atoms with Crippen LogP contribution in [-0.4, -0.2) is 35.9 Å². The van der Waals surface area contributed by atoms with Crippen molar-refractivity contribution < 1.29 is 9.90 Å². The molecule has 3 N–H and O–H groups in total. The van der Waals surface area contributed by atoms with Gasteiger partial charge in [0.15, 0.2) is 11.6 Å². The Balaban J connectivity index is 1.62. The molecule has 0 unspecified atom stereocenters. The van der Waals surface area contributed by atoms with E-state index in [-0.39, 0.29) is 6.04 Å². The summed E-state index contributed by atoms with van der Waals surface area (Å²) in [5.74, 6) is 1.64. The fourth-order valence-corrected chi connectivity index (χ4v) is 3.51. The summed E-state index contributed by atoms with van der Waals surface area (Å²) in [6, 6.07) is 7.62. The topological polar surface area (TPSA) is 118 Å². The van der Waals surface area contributed by atoms with Gasteiger partial charge in [0, 0.05) is 24.9 Å². The Kier molecular flexibility index (Phi) is 4.88. The van der Waals surface area contributed by atoms with E-state index in [1.807, 2.05) is 31.4 Å². The van der Waals surface area contributed by atoms with Crippen molar-refractivity contribution in [2.24, 2.45) is 7.05 Å². The number of nitrogens with one attached hydrogen (secondary N) is 2. The van der Waals surface area contributed by atoms with Crippen molar-refractivity contribution in [1.82, 2.24) is 30.0 Å². The van der Waals surface area contributed by atoms with E-state index < -0.39 is 6.09 Å². The van der Waals surface area contributed by atoms with E-state index in [1.165, 1.54) is 6.33 Å². The third kappa shape index (κ3) is 3.93. The van der Waals surface area contributed by atoms with Crippen LogP contribution in [0.15, 0.2) is 36.8 Å². The number of carbonyl (C=O) groups is 1. The number of anilines is 2. The van der Waals surface area contributed by atoms with Gasteiger partial charge in [-0.2, -0.15) is 10.1 Å². The van der Waals surface area contributed by atoms with E-state index in [9.17, 15) is 4.79 Å². The molecule has 0 radical (unpaired) electrons. The molecule has 0 saturated heterocycles. The van der Waals surface area contributed by atoms with Crippen molar-refractivity contribution in [3.8, 4) is 11.4 Å². The van der Waals surface area contributed by atoms with E-state index in [0.717, 1.165) is 42.4 Å². The highest BCUT2D eigenvalue weighted by Gasteiger charge is 2.21. The van der Waals surface area contributed by atoms with Gasteiger partial charge >= 0.3 is 6.09 Å². The predicted octanol–water partition coefficient (Wildman–Crippen LogP) is 3.05. The molecule has 2 heterocycles. The number of aromatic nitrogens is 5. The summed E-state index contributed by atoms with van der Waals surface area (Å²) in [6.07, 6.45) is 6.03. The lowest BCUT2D eigenvalue weighted by molar-refractivity contribution is 0.189. The SMILES string of the molecule is Cn1ccc(Nc2ncnc(-c3ccc4c(c3)CCCC[C@H]4NC(=O)O)n2)n1.